The Balaban J connectivity index is 0.981. The van der Waals surface area contributed by atoms with Gasteiger partial charge in [0.2, 0.25) is 0 Å². The Labute approximate surface area is 339 Å². The molecule has 8 nitrogen and oxygen atoms in total. The Kier molecular flexibility index (Phi) is 11.3. The van der Waals surface area contributed by atoms with Gasteiger partial charge in [0, 0.05) is 69.5 Å². The van der Waals surface area contributed by atoms with Crippen LogP contribution in [0.25, 0.3) is 64.6 Å². The third-order valence-electron chi connectivity index (χ3n) is 12.1. The van der Waals surface area contributed by atoms with E-state index in [1.807, 2.05) is 0 Å². The van der Waals surface area contributed by atoms with Crippen molar-refractivity contribution in [2.75, 3.05) is 54.9 Å². The zero-order chi connectivity index (χ0) is 39.6. The third kappa shape index (κ3) is 6.76. The molecule has 0 saturated heterocycles. The van der Waals surface area contributed by atoms with Crippen molar-refractivity contribution in [3.8, 4) is 23.0 Å². The van der Waals surface area contributed by atoms with Gasteiger partial charge in [0.05, 0.1) is 54.9 Å². The SMILES string of the molecule is COc1c(OC)c2ccc3c4ccc5c(ccc1c5c42)COCCCCCOCc1ccc2c(OC)c(OC)c4ccc(c5ccc1c2c54)COCCCCCOC3. The van der Waals surface area contributed by atoms with E-state index in [1.165, 1.54) is 43.1 Å². The van der Waals surface area contributed by atoms with Gasteiger partial charge in [-0.15, -0.1) is 0 Å². The van der Waals surface area contributed by atoms with Crippen LogP contribution in [0.5, 0.6) is 23.0 Å². The number of hydrogen-bond acceptors (Lipinski definition) is 8. The van der Waals surface area contributed by atoms with Gasteiger partial charge in [-0.1, -0.05) is 72.8 Å². The van der Waals surface area contributed by atoms with Gasteiger partial charge >= 0.3 is 0 Å². The molecule has 8 aromatic carbocycles. The fraction of sp³-hybridized carbons (Fsp3) is 0.360. The lowest BCUT2D eigenvalue weighted by Crippen LogP contribution is -2.02. The van der Waals surface area contributed by atoms with E-state index >= 15 is 0 Å². The maximum absolute atomic E-state index is 6.31. The second-order valence-electron chi connectivity index (χ2n) is 15.4. The van der Waals surface area contributed by atoms with Crippen molar-refractivity contribution in [2.24, 2.45) is 0 Å². The molecule has 0 unspecified atom stereocenters. The molecule has 0 radical (unpaired) electrons. The molecule has 0 atom stereocenters. The van der Waals surface area contributed by atoms with E-state index in [9.17, 15) is 0 Å². The van der Waals surface area contributed by atoms with Gasteiger partial charge in [-0.3, -0.25) is 0 Å². The number of hydrogen-bond donors (Lipinski definition) is 0. The largest absolute Gasteiger partial charge is 0.492 e. The van der Waals surface area contributed by atoms with Gasteiger partial charge in [-0.2, -0.15) is 0 Å². The molecule has 8 aromatic rings. The first-order valence-electron chi connectivity index (χ1n) is 20.6. The van der Waals surface area contributed by atoms with Gasteiger partial charge in [0.25, 0.3) is 0 Å². The van der Waals surface area contributed by atoms with E-state index in [2.05, 4.69) is 72.8 Å². The molecule has 1 aliphatic heterocycles. The molecule has 0 aromatic heterocycles. The maximum Gasteiger partial charge on any atom is 0.169 e. The Morgan fingerprint density at radius 3 is 0.741 bits per heavy atom. The van der Waals surface area contributed by atoms with E-state index in [0.29, 0.717) is 52.9 Å². The topological polar surface area (TPSA) is 73.8 Å². The van der Waals surface area contributed by atoms with Crippen LogP contribution in [0.4, 0.5) is 0 Å². The van der Waals surface area contributed by atoms with Crippen LogP contribution < -0.4 is 18.9 Å². The monoisotopic (exact) mass is 780 g/mol. The number of methoxy groups -OCH3 is 4. The maximum atomic E-state index is 6.31. The van der Waals surface area contributed by atoms with E-state index in [0.717, 1.165) is 105 Å². The Bertz CT molecular complexity index is 2330. The summed E-state index contributed by atoms with van der Waals surface area (Å²) in [5.41, 5.74) is 4.66. The quantitative estimate of drug-likeness (QED) is 0.164. The molecule has 9 rings (SSSR count). The molecule has 0 aliphatic carbocycles. The molecule has 58 heavy (non-hydrogen) atoms. The van der Waals surface area contributed by atoms with Crippen molar-refractivity contribution < 1.29 is 37.9 Å². The lowest BCUT2D eigenvalue weighted by Gasteiger charge is -2.21. The van der Waals surface area contributed by atoms with E-state index in [4.69, 9.17) is 37.9 Å². The Hall–Kier alpha value is -5.12. The lowest BCUT2D eigenvalue weighted by atomic mass is 9.89. The first-order valence-corrected chi connectivity index (χ1v) is 20.6. The van der Waals surface area contributed by atoms with Crippen molar-refractivity contribution in [3.05, 3.63) is 95.1 Å². The summed E-state index contributed by atoms with van der Waals surface area (Å²) in [7, 11) is 6.86. The first kappa shape index (κ1) is 38.4. The van der Waals surface area contributed by atoms with Crippen molar-refractivity contribution in [1.82, 2.24) is 0 Å². The summed E-state index contributed by atoms with van der Waals surface area (Å²) in [6, 6.07) is 26.2. The molecule has 0 amide bonds. The van der Waals surface area contributed by atoms with Gasteiger partial charge in [0.15, 0.2) is 23.0 Å². The standard InChI is InChI=1S/C50H52O8/c1-51-47-39-15-11-31-27-55-23-7-5-9-25-57-29-33-13-17-41-45-37(33)21-22-38-34(14-18-42(46(38)45)50(54-4)49(41)53-3)30-58-26-10-6-8-24-56-28-32-12-16-40(48(47)52-2)44-36(32)20-19-35(31)43(39)44/h11-22H,5-10,23-30H2,1-4H3. The molecular weight excluding hydrogens is 729 g/mol. The van der Waals surface area contributed by atoms with Crippen LogP contribution in [0, 0.1) is 0 Å². The highest BCUT2D eigenvalue weighted by atomic mass is 16.5. The summed E-state index contributed by atoms with van der Waals surface area (Å²) in [5, 5.41) is 13.6. The predicted octanol–water partition coefficient (Wildman–Crippen LogP) is 11.6. The highest BCUT2D eigenvalue weighted by Gasteiger charge is 2.23. The summed E-state index contributed by atoms with van der Waals surface area (Å²) in [4.78, 5) is 0. The van der Waals surface area contributed by atoms with Crippen LogP contribution in [0.2, 0.25) is 0 Å². The molecule has 0 saturated carbocycles. The first-order chi connectivity index (χ1) is 28.7. The molecule has 8 heteroatoms. The van der Waals surface area contributed by atoms with Crippen LogP contribution >= 0.6 is 0 Å². The fourth-order valence-corrected chi connectivity index (χ4v) is 9.28. The average molecular weight is 781 g/mol. The van der Waals surface area contributed by atoms with E-state index < -0.39 is 0 Å². The van der Waals surface area contributed by atoms with Crippen LogP contribution in [-0.2, 0) is 45.4 Å². The zero-order valence-electron chi connectivity index (χ0n) is 34.1. The lowest BCUT2D eigenvalue weighted by molar-refractivity contribution is 0.102. The van der Waals surface area contributed by atoms with Crippen molar-refractivity contribution in [3.63, 3.8) is 0 Å². The third-order valence-corrected chi connectivity index (χ3v) is 12.1. The second kappa shape index (κ2) is 17.0. The molecule has 0 spiro atoms. The van der Waals surface area contributed by atoms with Crippen LogP contribution in [0.3, 0.4) is 0 Å². The molecule has 300 valence electrons. The van der Waals surface area contributed by atoms with Crippen molar-refractivity contribution in [1.29, 1.82) is 0 Å². The second-order valence-corrected chi connectivity index (χ2v) is 15.4. The summed E-state index contributed by atoms with van der Waals surface area (Å²) < 4.78 is 49.2. The minimum atomic E-state index is 0.540. The van der Waals surface area contributed by atoms with Crippen LogP contribution in [0.15, 0.2) is 72.8 Å². The van der Waals surface area contributed by atoms with Crippen LogP contribution in [0.1, 0.15) is 60.8 Å². The fourth-order valence-electron chi connectivity index (χ4n) is 9.28. The highest BCUT2D eigenvalue weighted by Crippen LogP contribution is 2.50. The summed E-state index contributed by atoms with van der Waals surface area (Å²) in [6.45, 7) is 4.91. The zero-order valence-corrected chi connectivity index (χ0v) is 34.1. The molecule has 0 fully saturated rings. The molecular formula is C50H52O8. The van der Waals surface area contributed by atoms with E-state index in [-0.39, 0.29) is 0 Å². The molecule has 1 heterocycles. The predicted molar refractivity (Wildman–Crippen MR) is 233 cm³/mol. The summed E-state index contributed by atoms with van der Waals surface area (Å²) in [6.07, 6.45) is 5.93. The summed E-state index contributed by atoms with van der Waals surface area (Å²) in [5.74, 6) is 3.02. The number of rotatable bonds is 4. The molecule has 1 aliphatic rings. The van der Waals surface area contributed by atoms with Gasteiger partial charge < -0.3 is 37.9 Å². The normalized spacial score (nSPS) is 16.1. The van der Waals surface area contributed by atoms with Crippen molar-refractivity contribution in [2.45, 2.75) is 65.0 Å². The molecule has 0 N–H and O–H groups in total. The van der Waals surface area contributed by atoms with Gasteiger partial charge in [0.1, 0.15) is 0 Å². The van der Waals surface area contributed by atoms with Gasteiger partial charge in [-0.25, -0.2) is 0 Å². The minimum Gasteiger partial charge on any atom is -0.492 e. The van der Waals surface area contributed by atoms with Gasteiger partial charge in [-0.05, 0) is 82.3 Å². The minimum absolute atomic E-state index is 0.540. The Morgan fingerprint density at radius 2 is 0.517 bits per heavy atom. The van der Waals surface area contributed by atoms with E-state index in [1.54, 1.807) is 28.4 Å². The number of ether oxygens (including phenoxy) is 8. The highest BCUT2D eigenvalue weighted by molar-refractivity contribution is 6.28. The van der Waals surface area contributed by atoms with Crippen molar-refractivity contribution >= 4 is 64.6 Å². The number of fused-ring (bicyclic) bond motifs is 2. The average Bonchev–Trinajstić information content (AvgIpc) is 3.26. The summed E-state index contributed by atoms with van der Waals surface area (Å²) >= 11 is 0. The van der Waals surface area contributed by atoms with Crippen LogP contribution in [-0.4, -0.2) is 54.9 Å². The number of benzene rings is 8. The Morgan fingerprint density at radius 1 is 0.293 bits per heavy atom. The smallest absolute Gasteiger partial charge is 0.169 e. The molecule has 4 bridgehead atoms.